The van der Waals surface area contributed by atoms with Gasteiger partial charge in [0, 0.05) is 0 Å². The molecule has 4 rings (SSSR count). The van der Waals surface area contributed by atoms with Crippen LogP contribution in [0.15, 0.2) is 78.4 Å². The van der Waals surface area contributed by atoms with Crippen LogP contribution in [0.5, 0.6) is 11.5 Å². The lowest BCUT2D eigenvalue weighted by atomic mass is 10.1. The second kappa shape index (κ2) is 10.8. The summed E-state index contributed by atoms with van der Waals surface area (Å²) in [5, 5.41) is 11.7. The number of hydrogen-bond acceptors (Lipinski definition) is 6. The Morgan fingerprint density at radius 1 is 1.00 bits per heavy atom. The zero-order chi connectivity index (χ0) is 25.7. The van der Waals surface area contributed by atoms with Gasteiger partial charge in [0.1, 0.15) is 23.7 Å². The highest BCUT2D eigenvalue weighted by Gasteiger charge is 2.34. The van der Waals surface area contributed by atoms with E-state index in [9.17, 15) is 14.4 Å². The van der Waals surface area contributed by atoms with Gasteiger partial charge in [0.15, 0.2) is 5.11 Å². The van der Waals surface area contributed by atoms with E-state index in [1.54, 1.807) is 66.7 Å². The van der Waals surface area contributed by atoms with Crippen LogP contribution in [0.4, 0.5) is 5.69 Å². The summed E-state index contributed by atoms with van der Waals surface area (Å²) in [7, 11) is 0. The van der Waals surface area contributed by atoms with Gasteiger partial charge in [-0.1, -0.05) is 24.3 Å². The van der Waals surface area contributed by atoms with Crippen LogP contribution in [0.2, 0.25) is 0 Å². The minimum atomic E-state index is -1.00. The van der Waals surface area contributed by atoms with Crippen molar-refractivity contribution in [2.45, 2.75) is 13.5 Å². The molecule has 0 atom stereocenters. The number of anilines is 1. The third kappa shape index (κ3) is 5.59. The van der Waals surface area contributed by atoms with Gasteiger partial charge in [0.05, 0.1) is 17.9 Å². The lowest BCUT2D eigenvalue weighted by molar-refractivity contribution is -0.122. The van der Waals surface area contributed by atoms with Crippen LogP contribution in [-0.4, -0.2) is 34.6 Å². The number of aromatic carboxylic acids is 1. The first-order valence-electron chi connectivity index (χ1n) is 11.0. The van der Waals surface area contributed by atoms with E-state index >= 15 is 0 Å². The maximum Gasteiger partial charge on any atom is 0.335 e. The molecule has 0 saturated carbocycles. The number of thiocarbonyl (C=S) groups is 1. The van der Waals surface area contributed by atoms with E-state index in [1.807, 2.05) is 6.92 Å². The van der Waals surface area contributed by atoms with Crippen LogP contribution >= 0.6 is 12.2 Å². The van der Waals surface area contributed by atoms with E-state index in [-0.39, 0.29) is 22.9 Å². The Bertz CT molecular complexity index is 1350. The van der Waals surface area contributed by atoms with Gasteiger partial charge >= 0.3 is 5.97 Å². The molecule has 2 amide bonds. The molecular weight excluding hydrogens is 480 g/mol. The maximum absolute atomic E-state index is 13.2. The van der Waals surface area contributed by atoms with Crippen molar-refractivity contribution in [1.82, 2.24) is 5.32 Å². The van der Waals surface area contributed by atoms with Crippen LogP contribution in [0.3, 0.4) is 0 Å². The molecule has 1 saturated heterocycles. The SMILES string of the molecule is CCOc1ccc(N2C(=O)/C(=C/c3ccc(OCc4cccc(C(=O)O)c4)cc3)C(=O)NC2=S)cc1. The number of benzene rings is 3. The summed E-state index contributed by atoms with van der Waals surface area (Å²) in [5.74, 6) is -0.905. The van der Waals surface area contributed by atoms with E-state index in [0.29, 0.717) is 29.4 Å². The predicted octanol–water partition coefficient (Wildman–Crippen LogP) is 4.19. The summed E-state index contributed by atoms with van der Waals surface area (Å²) in [6, 6.07) is 20.2. The standard InChI is InChI=1S/C27H22N2O6S/c1-2-34-21-12-8-20(9-13-21)29-25(31)23(24(30)28-27(29)36)15-17-6-10-22(11-7-17)35-16-18-4-3-5-19(14-18)26(32)33/h3-15H,2,16H2,1H3,(H,32,33)(H,28,30,36)/b23-15+. The Kier molecular flexibility index (Phi) is 7.41. The molecule has 0 radical (unpaired) electrons. The van der Waals surface area contributed by atoms with Crippen LogP contribution in [-0.2, 0) is 16.2 Å². The number of nitrogens with zero attached hydrogens (tertiary/aromatic N) is 1. The van der Waals surface area contributed by atoms with Gasteiger partial charge in [-0.15, -0.1) is 0 Å². The summed E-state index contributed by atoms with van der Waals surface area (Å²) in [5.41, 5.74) is 1.98. The Balaban J connectivity index is 1.48. The Morgan fingerprint density at radius 3 is 2.33 bits per heavy atom. The highest BCUT2D eigenvalue weighted by atomic mass is 32.1. The maximum atomic E-state index is 13.2. The van der Waals surface area contributed by atoms with Crippen molar-refractivity contribution in [3.8, 4) is 11.5 Å². The molecule has 0 bridgehead atoms. The van der Waals surface area contributed by atoms with E-state index < -0.39 is 17.8 Å². The summed E-state index contributed by atoms with van der Waals surface area (Å²) in [4.78, 5) is 38.1. The van der Waals surface area contributed by atoms with Gasteiger partial charge in [0.2, 0.25) is 0 Å². The average molecular weight is 503 g/mol. The number of carboxylic acids is 1. The fourth-order valence-corrected chi connectivity index (χ4v) is 3.82. The van der Waals surface area contributed by atoms with Crippen molar-refractivity contribution in [3.63, 3.8) is 0 Å². The molecule has 0 spiro atoms. The molecule has 36 heavy (non-hydrogen) atoms. The molecule has 1 aliphatic heterocycles. The summed E-state index contributed by atoms with van der Waals surface area (Å²) >= 11 is 5.24. The molecule has 8 nitrogen and oxygen atoms in total. The van der Waals surface area contributed by atoms with Crippen molar-refractivity contribution in [2.75, 3.05) is 11.5 Å². The Morgan fingerprint density at radius 2 is 1.67 bits per heavy atom. The number of nitrogens with one attached hydrogen (secondary N) is 1. The normalized spacial score (nSPS) is 14.5. The third-order valence-electron chi connectivity index (χ3n) is 5.28. The molecule has 3 aromatic rings. The third-order valence-corrected chi connectivity index (χ3v) is 5.56. The monoisotopic (exact) mass is 502 g/mol. The fraction of sp³-hybridized carbons (Fsp3) is 0.111. The van der Waals surface area contributed by atoms with Gasteiger partial charge < -0.3 is 14.6 Å². The average Bonchev–Trinajstić information content (AvgIpc) is 2.87. The van der Waals surface area contributed by atoms with E-state index in [2.05, 4.69) is 5.32 Å². The molecule has 0 aliphatic carbocycles. The molecule has 3 aromatic carbocycles. The van der Waals surface area contributed by atoms with E-state index in [1.165, 1.54) is 17.0 Å². The minimum Gasteiger partial charge on any atom is -0.494 e. The highest BCUT2D eigenvalue weighted by Crippen LogP contribution is 2.25. The molecular formula is C27H22N2O6S. The highest BCUT2D eigenvalue weighted by molar-refractivity contribution is 7.80. The van der Waals surface area contributed by atoms with Gasteiger partial charge in [-0.05, 0) is 84.9 Å². The quantitative estimate of drug-likeness (QED) is 0.270. The van der Waals surface area contributed by atoms with Crippen molar-refractivity contribution in [3.05, 3.63) is 95.1 Å². The van der Waals surface area contributed by atoms with Crippen LogP contribution in [0.1, 0.15) is 28.4 Å². The van der Waals surface area contributed by atoms with Gasteiger partial charge in [-0.25, -0.2) is 4.79 Å². The summed E-state index contributed by atoms with van der Waals surface area (Å²) in [6.07, 6.45) is 1.49. The van der Waals surface area contributed by atoms with E-state index in [4.69, 9.17) is 26.8 Å². The lowest BCUT2D eigenvalue weighted by Crippen LogP contribution is -2.54. The number of amides is 2. The first kappa shape index (κ1) is 24.6. The fourth-order valence-electron chi connectivity index (χ4n) is 3.54. The van der Waals surface area contributed by atoms with Crippen LogP contribution in [0, 0.1) is 0 Å². The predicted molar refractivity (Wildman–Crippen MR) is 138 cm³/mol. The first-order chi connectivity index (χ1) is 17.4. The number of ether oxygens (including phenoxy) is 2. The molecule has 0 aromatic heterocycles. The number of carbonyl (C=O) groups excluding carboxylic acids is 2. The molecule has 2 N–H and O–H groups in total. The van der Waals surface area contributed by atoms with Crippen LogP contribution in [0.25, 0.3) is 6.08 Å². The summed E-state index contributed by atoms with van der Waals surface area (Å²) < 4.78 is 11.2. The van der Waals surface area contributed by atoms with Gasteiger partial charge in [0.25, 0.3) is 11.8 Å². The van der Waals surface area contributed by atoms with Crippen molar-refractivity contribution < 1.29 is 29.0 Å². The van der Waals surface area contributed by atoms with Gasteiger partial charge in [-0.3, -0.25) is 19.8 Å². The Hall–Kier alpha value is -4.50. The molecule has 1 heterocycles. The van der Waals surface area contributed by atoms with E-state index in [0.717, 1.165) is 5.56 Å². The van der Waals surface area contributed by atoms with Crippen molar-refractivity contribution in [2.24, 2.45) is 0 Å². The van der Waals surface area contributed by atoms with Crippen molar-refractivity contribution in [1.29, 1.82) is 0 Å². The number of rotatable bonds is 8. The number of hydrogen-bond donors (Lipinski definition) is 2. The van der Waals surface area contributed by atoms with Crippen molar-refractivity contribution >= 4 is 46.9 Å². The molecule has 1 fully saturated rings. The number of carboxylic acid groups (broad SMARTS) is 1. The smallest absolute Gasteiger partial charge is 0.335 e. The first-order valence-corrected chi connectivity index (χ1v) is 11.5. The Labute approximate surface area is 212 Å². The molecule has 0 unspecified atom stereocenters. The zero-order valence-corrected chi connectivity index (χ0v) is 20.1. The largest absolute Gasteiger partial charge is 0.494 e. The summed E-state index contributed by atoms with van der Waals surface area (Å²) in [6.45, 7) is 2.59. The second-order valence-corrected chi connectivity index (χ2v) is 8.13. The zero-order valence-electron chi connectivity index (χ0n) is 19.3. The number of carbonyl (C=O) groups is 3. The topological polar surface area (TPSA) is 105 Å². The lowest BCUT2D eigenvalue weighted by Gasteiger charge is -2.29. The minimum absolute atomic E-state index is 0.00188. The molecule has 182 valence electrons. The van der Waals surface area contributed by atoms with Gasteiger partial charge in [-0.2, -0.15) is 0 Å². The second-order valence-electron chi connectivity index (χ2n) is 7.75. The molecule has 1 aliphatic rings. The molecule has 9 heteroatoms. The van der Waals surface area contributed by atoms with Crippen LogP contribution < -0.4 is 19.7 Å².